The fraction of sp³-hybridized carbons (Fsp3) is 0.118. The van der Waals surface area contributed by atoms with Crippen LogP contribution in [0, 0.1) is 6.92 Å². The van der Waals surface area contributed by atoms with Gasteiger partial charge in [-0.25, -0.2) is 9.78 Å². The van der Waals surface area contributed by atoms with E-state index in [2.05, 4.69) is 10.3 Å². The average Bonchev–Trinajstić information content (AvgIpc) is 3.25. The van der Waals surface area contributed by atoms with Crippen LogP contribution in [0.25, 0.3) is 10.6 Å². The van der Waals surface area contributed by atoms with Crippen molar-refractivity contribution in [3.8, 4) is 10.6 Å². The van der Waals surface area contributed by atoms with E-state index in [9.17, 15) is 9.59 Å². The van der Waals surface area contributed by atoms with Gasteiger partial charge in [0.05, 0.1) is 21.4 Å². The molecule has 9 heteroatoms. The largest absolute Gasteiger partial charge is 0.451 e. The van der Waals surface area contributed by atoms with E-state index in [4.69, 9.17) is 27.9 Å². The average molecular weight is 427 g/mol. The highest BCUT2D eigenvalue weighted by atomic mass is 35.5. The van der Waals surface area contributed by atoms with Crippen LogP contribution in [0.3, 0.4) is 0 Å². The Bertz CT molecular complexity index is 935. The molecule has 0 saturated carbocycles. The lowest BCUT2D eigenvalue weighted by Crippen LogP contribution is -2.21. The minimum Gasteiger partial charge on any atom is -0.451 e. The summed E-state index contributed by atoms with van der Waals surface area (Å²) in [6.45, 7) is 1.28. The Morgan fingerprint density at radius 1 is 1.23 bits per heavy atom. The van der Waals surface area contributed by atoms with Gasteiger partial charge in [-0.2, -0.15) is 11.3 Å². The minimum absolute atomic E-state index is 0.283. The second kappa shape index (κ2) is 8.18. The number of rotatable bonds is 5. The molecular formula is C17H12Cl2N2O3S2. The van der Waals surface area contributed by atoms with Gasteiger partial charge in [0.15, 0.2) is 6.61 Å². The van der Waals surface area contributed by atoms with Gasteiger partial charge in [-0.3, -0.25) is 4.79 Å². The molecule has 2 heterocycles. The van der Waals surface area contributed by atoms with Gasteiger partial charge in [-0.05, 0) is 30.5 Å². The quantitative estimate of drug-likeness (QED) is 0.563. The van der Waals surface area contributed by atoms with Crippen LogP contribution in [0.5, 0.6) is 0 Å². The van der Waals surface area contributed by atoms with Crippen molar-refractivity contribution >= 4 is 63.4 Å². The molecule has 0 saturated heterocycles. The Labute approximate surface area is 167 Å². The molecule has 0 atom stereocenters. The van der Waals surface area contributed by atoms with Crippen molar-refractivity contribution < 1.29 is 14.3 Å². The van der Waals surface area contributed by atoms with E-state index in [1.165, 1.54) is 11.3 Å². The predicted molar refractivity (Wildman–Crippen MR) is 106 cm³/mol. The number of amides is 1. The molecular weight excluding hydrogens is 415 g/mol. The summed E-state index contributed by atoms with van der Waals surface area (Å²) in [6.07, 6.45) is 0. The van der Waals surface area contributed by atoms with Crippen LogP contribution in [0.2, 0.25) is 10.0 Å². The smallest absolute Gasteiger partial charge is 0.350 e. The summed E-state index contributed by atoms with van der Waals surface area (Å²) in [7, 11) is 0. The van der Waals surface area contributed by atoms with Crippen molar-refractivity contribution in [2.75, 3.05) is 11.9 Å². The van der Waals surface area contributed by atoms with Gasteiger partial charge in [0.1, 0.15) is 9.88 Å². The number of ether oxygens (including phenoxy) is 1. The van der Waals surface area contributed by atoms with Crippen LogP contribution in [0.4, 0.5) is 5.69 Å². The molecule has 0 spiro atoms. The molecule has 0 fully saturated rings. The highest BCUT2D eigenvalue weighted by Crippen LogP contribution is 2.31. The number of halogens is 2. The molecule has 134 valence electrons. The van der Waals surface area contributed by atoms with Crippen LogP contribution in [0.1, 0.15) is 15.4 Å². The number of nitrogens with one attached hydrogen (secondary N) is 1. The van der Waals surface area contributed by atoms with Gasteiger partial charge in [-0.1, -0.05) is 29.3 Å². The Morgan fingerprint density at radius 2 is 1.96 bits per heavy atom. The molecule has 1 amide bonds. The maximum Gasteiger partial charge on any atom is 0.350 e. The Morgan fingerprint density at radius 3 is 2.62 bits per heavy atom. The van der Waals surface area contributed by atoms with E-state index in [0.717, 1.165) is 10.6 Å². The lowest BCUT2D eigenvalue weighted by molar-refractivity contribution is -0.119. The minimum atomic E-state index is -0.595. The fourth-order valence-electron chi connectivity index (χ4n) is 2.08. The number of hydrogen-bond acceptors (Lipinski definition) is 6. The summed E-state index contributed by atoms with van der Waals surface area (Å²) in [5.74, 6) is -1.13. The number of aryl methyl sites for hydroxylation is 1. The molecule has 3 rings (SSSR count). The predicted octanol–water partition coefficient (Wildman–Crippen LogP) is 5.28. The number of thiophene rings is 1. The van der Waals surface area contributed by atoms with Crippen molar-refractivity contribution in [2.45, 2.75) is 6.92 Å². The van der Waals surface area contributed by atoms with Gasteiger partial charge in [0.25, 0.3) is 5.91 Å². The molecule has 0 aliphatic carbocycles. The van der Waals surface area contributed by atoms with E-state index in [1.807, 2.05) is 16.8 Å². The molecule has 1 aromatic carbocycles. The number of carbonyl (C=O) groups is 2. The van der Waals surface area contributed by atoms with Crippen LogP contribution >= 0.6 is 45.9 Å². The van der Waals surface area contributed by atoms with E-state index < -0.39 is 18.5 Å². The number of thiazole rings is 1. The second-order valence-electron chi connectivity index (χ2n) is 5.17. The van der Waals surface area contributed by atoms with Crippen LogP contribution in [0.15, 0.2) is 35.0 Å². The standard InChI is InChI=1S/C17H12Cl2N2O3S2/c1-9-15(26-16(20-9)10-5-6-25-8-10)17(23)24-7-13(22)21-14-11(18)3-2-4-12(14)19/h2-6,8H,7H2,1H3,(H,21,22). The van der Waals surface area contributed by atoms with Crippen molar-refractivity contribution in [3.63, 3.8) is 0 Å². The third-order valence-electron chi connectivity index (χ3n) is 3.31. The zero-order valence-corrected chi connectivity index (χ0v) is 16.6. The summed E-state index contributed by atoms with van der Waals surface area (Å²) in [4.78, 5) is 29.0. The first-order valence-corrected chi connectivity index (χ1v) is 9.88. The molecule has 0 unspecified atom stereocenters. The monoisotopic (exact) mass is 426 g/mol. The molecule has 1 N–H and O–H groups in total. The SMILES string of the molecule is Cc1nc(-c2ccsc2)sc1C(=O)OCC(=O)Nc1c(Cl)cccc1Cl. The number of aromatic nitrogens is 1. The summed E-state index contributed by atoms with van der Waals surface area (Å²) < 4.78 is 5.09. The van der Waals surface area contributed by atoms with Crippen LogP contribution in [-0.4, -0.2) is 23.5 Å². The topological polar surface area (TPSA) is 68.3 Å². The van der Waals surface area contributed by atoms with Crippen LogP contribution < -0.4 is 5.32 Å². The van der Waals surface area contributed by atoms with Gasteiger partial charge >= 0.3 is 5.97 Å². The molecule has 0 aliphatic rings. The molecule has 0 aliphatic heterocycles. The maximum atomic E-state index is 12.3. The highest BCUT2D eigenvalue weighted by Gasteiger charge is 2.19. The van der Waals surface area contributed by atoms with E-state index in [1.54, 1.807) is 36.5 Å². The van der Waals surface area contributed by atoms with Crippen LogP contribution in [-0.2, 0) is 9.53 Å². The van der Waals surface area contributed by atoms with Crippen molar-refractivity contribution in [3.05, 3.63) is 55.6 Å². The first kappa shape index (κ1) is 18.8. The number of carbonyl (C=O) groups excluding carboxylic acids is 2. The third kappa shape index (κ3) is 4.24. The Kier molecular flexibility index (Phi) is 5.93. The fourth-order valence-corrected chi connectivity index (χ4v) is 4.25. The summed E-state index contributed by atoms with van der Waals surface area (Å²) in [6, 6.07) is 6.79. The molecule has 5 nitrogen and oxygen atoms in total. The van der Waals surface area contributed by atoms with Gasteiger partial charge in [0.2, 0.25) is 0 Å². The summed E-state index contributed by atoms with van der Waals surface area (Å²) >= 11 is 14.8. The lowest BCUT2D eigenvalue weighted by Gasteiger charge is -2.09. The summed E-state index contributed by atoms with van der Waals surface area (Å²) in [5, 5.41) is 7.77. The van der Waals surface area contributed by atoms with Crippen molar-refractivity contribution in [1.82, 2.24) is 4.98 Å². The Hall–Kier alpha value is -1.93. The number of para-hydroxylation sites is 1. The molecule has 26 heavy (non-hydrogen) atoms. The first-order chi connectivity index (χ1) is 12.5. The number of benzene rings is 1. The molecule has 0 radical (unpaired) electrons. The molecule has 0 bridgehead atoms. The first-order valence-electron chi connectivity index (χ1n) is 7.36. The lowest BCUT2D eigenvalue weighted by atomic mass is 10.3. The molecule has 3 aromatic rings. The van der Waals surface area contributed by atoms with E-state index in [0.29, 0.717) is 20.6 Å². The van der Waals surface area contributed by atoms with Crippen molar-refractivity contribution in [2.24, 2.45) is 0 Å². The van der Waals surface area contributed by atoms with Crippen molar-refractivity contribution in [1.29, 1.82) is 0 Å². The third-order valence-corrected chi connectivity index (χ3v) is 5.81. The number of anilines is 1. The zero-order chi connectivity index (χ0) is 18.7. The summed E-state index contributed by atoms with van der Waals surface area (Å²) in [5.41, 5.74) is 1.80. The van der Waals surface area contributed by atoms with Gasteiger partial charge < -0.3 is 10.1 Å². The maximum absolute atomic E-state index is 12.3. The van der Waals surface area contributed by atoms with E-state index in [-0.39, 0.29) is 5.69 Å². The van der Waals surface area contributed by atoms with E-state index >= 15 is 0 Å². The zero-order valence-electron chi connectivity index (χ0n) is 13.4. The second-order valence-corrected chi connectivity index (χ2v) is 7.76. The van der Waals surface area contributed by atoms with Gasteiger partial charge in [-0.15, -0.1) is 11.3 Å². The number of esters is 1. The van der Waals surface area contributed by atoms with Gasteiger partial charge in [0, 0.05) is 10.9 Å². The number of nitrogens with zero attached hydrogens (tertiary/aromatic N) is 1. The number of hydrogen-bond donors (Lipinski definition) is 1. The normalized spacial score (nSPS) is 10.6. The highest BCUT2D eigenvalue weighted by molar-refractivity contribution is 7.17. The molecule has 2 aromatic heterocycles. The Balaban J connectivity index is 1.63.